The summed E-state index contributed by atoms with van der Waals surface area (Å²) in [5.74, 6) is -0.648. The molecule has 5 heteroatoms. The molecule has 20 heavy (non-hydrogen) atoms. The van der Waals surface area contributed by atoms with Gasteiger partial charge in [-0.25, -0.2) is 0 Å². The zero-order chi connectivity index (χ0) is 14.3. The monoisotopic (exact) mass is 284 g/mol. The number of fused-ring (bicyclic) bond motifs is 1. The topological polar surface area (TPSA) is 57.2 Å². The molecule has 0 aromatic rings. The first kappa shape index (κ1) is 14.5. The third kappa shape index (κ3) is 2.78. The second-order valence-electron chi connectivity index (χ2n) is 6.32. The van der Waals surface area contributed by atoms with Gasteiger partial charge in [0.15, 0.2) is 12.1 Å². The molecule has 0 bridgehead atoms. The van der Waals surface area contributed by atoms with Crippen LogP contribution >= 0.6 is 0 Å². The maximum atomic E-state index is 10.4. The fourth-order valence-electron chi connectivity index (χ4n) is 3.14. The van der Waals surface area contributed by atoms with Crippen molar-refractivity contribution in [3.63, 3.8) is 0 Å². The summed E-state index contributed by atoms with van der Waals surface area (Å²) in [5, 5.41) is 10.4. The fraction of sp³-hybridized carbons (Fsp3) is 0.867. The zero-order valence-electron chi connectivity index (χ0n) is 12.4. The maximum Gasteiger partial charge on any atom is 0.164 e. The molecule has 0 amide bonds. The zero-order valence-corrected chi connectivity index (χ0v) is 12.4. The first-order valence-electron chi connectivity index (χ1n) is 7.45. The summed E-state index contributed by atoms with van der Waals surface area (Å²) in [4.78, 5) is 0. The number of hydrogen-bond acceptors (Lipinski definition) is 5. The standard InChI is InChI=1S/C15H24O5/c1-9-8-10-13(20-15(2,3)19-10)14(12(9)16)18-11-6-4-5-7-17-11/h8,10-14,16H,4-7H2,1-3H3/t10-,11?,12+,13-,14+/m1/s1. The number of aliphatic hydroxyl groups is 1. The lowest BCUT2D eigenvalue weighted by Crippen LogP contribution is -2.50. The SMILES string of the molecule is CC1=C[C@H]2OC(C)(C)O[C@H]2[C@@H](OC2CCCCO2)[C@H]1O. The first-order valence-corrected chi connectivity index (χ1v) is 7.45. The van der Waals surface area contributed by atoms with Crippen LogP contribution in [-0.4, -0.2) is 48.2 Å². The van der Waals surface area contributed by atoms with Gasteiger partial charge in [-0.1, -0.05) is 6.08 Å². The molecule has 2 saturated heterocycles. The van der Waals surface area contributed by atoms with E-state index in [0.717, 1.165) is 31.4 Å². The van der Waals surface area contributed by atoms with Crippen molar-refractivity contribution >= 4 is 0 Å². The summed E-state index contributed by atoms with van der Waals surface area (Å²) >= 11 is 0. The van der Waals surface area contributed by atoms with Crippen molar-refractivity contribution < 1.29 is 24.1 Å². The average Bonchev–Trinajstić information content (AvgIpc) is 2.70. The van der Waals surface area contributed by atoms with E-state index in [1.807, 2.05) is 26.8 Å². The van der Waals surface area contributed by atoms with E-state index in [-0.39, 0.29) is 18.5 Å². The van der Waals surface area contributed by atoms with Crippen LogP contribution in [-0.2, 0) is 18.9 Å². The van der Waals surface area contributed by atoms with Gasteiger partial charge in [0, 0.05) is 6.61 Å². The van der Waals surface area contributed by atoms with Gasteiger partial charge in [-0.15, -0.1) is 0 Å². The van der Waals surface area contributed by atoms with Gasteiger partial charge in [0.2, 0.25) is 0 Å². The highest BCUT2D eigenvalue weighted by Crippen LogP contribution is 2.38. The van der Waals surface area contributed by atoms with E-state index < -0.39 is 18.0 Å². The molecule has 0 spiro atoms. The Bertz CT molecular complexity index is 386. The third-order valence-corrected chi connectivity index (χ3v) is 4.14. The van der Waals surface area contributed by atoms with Gasteiger partial charge < -0.3 is 24.1 Å². The van der Waals surface area contributed by atoms with Crippen LogP contribution in [0.1, 0.15) is 40.0 Å². The van der Waals surface area contributed by atoms with Crippen LogP contribution in [0.3, 0.4) is 0 Å². The van der Waals surface area contributed by atoms with Crippen LogP contribution in [0.4, 0.5) is 0 Å². The van der Waals surface area contributed by atoms with Gasteiger partial charge in [0.25, 0.3) is 0 Å². The van der Waals surface area contributed by atoms with Crippen LogP contribution in [0.5, 0.6) is 0 Å². The molecular weight excluding hydrogens is 260 g/mol. The van der Waals surface area contributed by atoms with E-state index in [4.69, 9.17) is 18.9 Å². The fourth-order valence-corrected chi connectivity index (χ4v) is 3.14. The summed E-state index contributed by atoms with van der Waals surface area (Å²) in [6, 6.07) is 0. The van der Waals surface area contributed by atoms with Gasteiger partial charge in [0.05, 0.1) is 0 Å². The van der Waals surface area contributed by atoms with Crippen molar-refractivity contribution in [1.82, 2.24) is 0 Å². The minimum absolute atomic E-state index is 0.165. The summed E-state index contributed by atoms with van der Waals surface area (Å²) < 4.78 is 23.4. The minimum atomic E-state index is -0.667. The lowest BCUT2D eigenvalue weighted by molar-refractivity contribution is -0.235. The number of ether oxygens (including phenoxy) is 4. The predicted molar refractivity (Wildman–Crippen MR) is 72.1 cm³/mol. The highest BCUT2D eigenvalue weighted by Gasteiger charge is 2.50. The molecule has 5 atom stereocenters. The Kier molecular flexibility index (Phi) is 3.90. The van der Waals surface area contributed by atoms with Gasteiger partial charge in [-0.3, -0.25) is 0 Å². The van der Waals surface area contributed by atoms with Gasteiger partial charge in [0.1, 0.15) is 24.4 Å². The molecule has 3 rings (SSSR count). The van der Waals surface area contributed by atoms with Crippen LogP contribution in [0.15, 0.2) is 11.6 Å². The molecule has 5 nitrogen and oxygen atoms in total. The molecule has 3 aliphatic rings. The van der Waals surface area contributed by atoms with Crippen molar-refractivity contribution in [2.75, 3.05) is 6.61 Å². The molecular formula is C15H24O5. The van der Waals surface area contributed by atoms with Crippen LogP contribution < -0.4 is 0 Å². The molecule has 2 aliphatic heterocycles. The predicted octanol–water partition coefficient (Wildman–Crippen LogP) is 1.74. The molecule has 0 aromatic heterocycles. The molecule has 0 saturated carbocycles. The highest BCUT2D eigenvalue weighted by atomic mass is 16.8. The smallest absolute Gasteiger partial charge is 0.164 e. The second-order valence-corrected chi connectivity index (χ2v) is 6.32. The molecule has 1 N–H and O–H groups in total. The molecule has 2 fully saturated rings. The lowest BCUT2D eigenvalue weighted by Gasteiger charge is -2.37. The molecule has 0 radical (unpaired) electrons. The lowest BCUT2D eigenvalue weighted by atomic mass is 9.90. The van der Waals surface area contributed by atoms with Gasteiger partial charge in [-0.05, 0) is 45.6 Å². The molecule has 1 aliphatic carbocycles. The summed E-state index contributed by atoms with van der Waals surface area (Å²) in [5.41, 5.74) is 0.869. The van der Waals surface area contributed by atoms with E-state index >= 15 is 0 Å². The number of aliphatic hydroxyl groups excluding tert-OH is 1. The maximum absolute atomic E-state index is 10.4. The minimum Gasteiger partial charge on any atom is -0.386 e. The Balaban J connectivity index is 1.75. The van der Waals surface area contributed by atoms with Crippen molar-refractivity contribution in [3.8, 4) is 0 Å². The van der Waals surface area contributed by atoms with Crippen molar-refractivity contribution in [1.29, 1.82) is 0 Å². The summed E-state index contributed by atoms with van der Waals surface area (Å²) in [6.07, 6.45) is 3.18. The Morgan fingerprint density at radius 2 is 2.10 bits per heavy atom. The molecule has 2 heterocycles. The average molecular weight is 284 g/mol. The Morgan fingerprint density at radius 1 is 1.30 bits per heavy atom. The van der Waals surface area contributed by atoms with E-state index in [0.29, 0.717) is 0 Å². The highest BCUT2D eigenvalue weighted by molar-refractivity contribution is 5.20. The molecule has 0 aromatic carbocycles. The van der Waals surface area contributed by atoms with Crippen molar-refractivity contribution in [2.45, 2.75) is 76.5 Å². The van der Waals surface area contributed by atoms with Crippen molar-refractivity contribution in [3.05, 3.63) is 11.6 Å². The number of hydrogen-bond donors (Lipinski definition) is 1. The van der Waals surface area contributed by atoms with Crippen LogP contribution in [0.2, 0.25) is 0 Å². The first-order chi connectivity index (χ1) is 9.46. The largest absolute Gasteiger partial charge is 0.386 e. The molecule has 114 valence electrons. The van der Waals surface area contributed by atoms with E-state index in [1.54, 1.807) is 0 Å². The van der Waals surface area contributed by atoms with Crippen LogP contribution in [0, 0.1) is 0 Å². The van der Waals surface area contributed by atoms with E-state index in [9.17, 15) is 5.11 Å². The van der Waals surface area contributed by atoms with Gasteiger partial charge in [-0.2, -0.15) is 0 Å². The van der Waals surface area contributed by atoms with Crippen LogP contribution in [0.25, 0.3) is 0 Å². The van der Waals surface area contributed by atoms with Gasteiger partial charge >= 0.3 is 0 Å². The van der Waals surface area contributed by atoms with E-state index in [1.165, 1.54) is 0 Å². The quantitative estimate of drug-likeness (QED) is 0.783. The number of rotatable bonds is 2. The Morgan fingerprint density at radius 3 is 2.80 bits per heavy atom. The molecule has 1 unspecified atom stereocenters. The third-order valence-electron chi connectivity index (χ3n) is 4.14. The second kappa shape index (κ2) is 5.39. The van der Waals surface area contributed by atoms with E-state index in [2.05, 4.69) is 0 Å². The Hall–Kier alpha value is -0.460. The van der Waals surface area contributed by atoms with Crippen molar-refractivity contribution in [2.24, 2.45) is 0 Å². The Labute approximate surface area is 119 Å². The normalized spacial score (nSPS) is 44.0. The summed E-state index contributed by atoms with van der Waals surface area (Å²) in [7, 11) is 0. The summed E-state index contributed by atoms with van der Waals surface area (Å²) in [6.45, 7) is 6.39.